The molecule has 32 heavy (non-hydrogen) atoms. The van der Waals surface area contributed by atoms with Crippen LogP contribution in [0.2, 0.25) is 0 Å². The van der Waals surface area contributed by atoms with E-state index >= 15 is 0 Å². The van der Waals surface area contributed by atoms with E-state index in [1.54, 1.807) is 4.52 Å². The number of aryl methyl sites for hydroxylation is 1. The molecule has 0 unspecified atom stereocenters. The normalized spacial score (nSPS) is 11.5. The summed E-state index contributed by atoms with van der Waals surface area (Å²) in [6, 6.07) is 15.6. The van der Waals surface area contributed by atoms with Crippen molar-refractivity contribution in [3.63, 3.8) is 0 Å². The summed E-state index contributed by atoms with van der Waals surface area (Å²) in [6.07, 6.45) is 0. The molecular weight excluding hydrogens is 440 g/mol. The van der Waals surface area contributed by atoms with Gasteiger partial charge in [-0.15, -0.1) is 10.2 Å². The van der Waals surface area contributed by atoms with Crippen LogP contribution in [0.1, 0.15) is 48.1 Å². The highest BCUT2D eigenvalue weighted by Gasteiger charge is 2.15. The zero-order valence-corrected chi connectivity index (χ0v) is 20.0. The van der Waals surface area contributed by atoms with Gasteiger partial charge in [0.1, 0.15) is 5.01 Å². The molecule has 164 valence electrons. The fraction of sp³-hybridized carbons (Fsp3) is 0.261. The second-order valence-electron chi connectivity index (χ2n) is 8.51. The number of carbonyl (C=O) groups excluding carboxylic acids is 1. The molecule has 2 heterocycles. The van der Waals surface area contributed by atoms with Crippen molar-refractivity contribution in [3.8, 4) is 10.6 Å². The fourth-order valence-electron chi connectivity index (χ4n) is 3.12. The monoisotopic (exact) mass is 464 g/mol. The first kappa shape index (κ1) is 22.0. The minimum absolute atomic E-state index is 0.0441. The van der Waals surface area contributed by atoms with Crippen LogP contribution in [-0.2, 0) is 12.0 Å². The number of nitrogens with one attached hydrogen (secondary N) is 2. The zero-order chi connectivity index (χ0) is 22.9. The number of amides is 1. The van der Waals surface area contributed by atoms with Gasteiger partial charge in [-0.3, -0.25) is 10.1 Å². The Morgan fingerprint density at radius 2 is 1.75 bits per heavy atom. The Bertz CT molecular complexity index is 1270. The van der Waals surface area contributed by atoms with E-state index in [-0.39, 0.29) is 11.3 Å². The van der Waals surface area contributed by atoms with Crippen molar-refractivity contribution in [3.05, 3.63) is 71.0 Å². The van der Waals surface area contributed by atoms with Crippen molar-refractivity contribution in [1.82, 2.24) is 30.4 Å². The van der Waals surface area contributed by atoms with Crippen molar-refractivity contribution in [2.45, 2.75) is 39.7 Å². The highest BCUT2D eigenvalue weighted by atomic mass is 32.1. The molecule has 2 N–H and O–H groups in total. The van der Waals surface area contributed by atoms with Gasteiger partial charge in [0.25, 0.3) is 5.91 Å². The number of benzene rings is 2. The third-order valence-electron chi connectivity index (χ3n) is 5.04. The van der Waals surface area contributed by atoms with Crippen LogP contribution in [0.25, 0.3) is 15.5 Å². The lowest BCUT2D eigenvalue weighted by Crippen LogP contribution is -2.38. The van der Waals surface area contributed by atoms with Gasteiger partial charge in [0.15, 0.2) is 10.9 Å². The molecule has 2 aromatic carbocycles. The molecule has 0 bridgehead atoms. The molecule has 1 amide bonds. The molecule has 0 spiro atoms. The lowest BCUT2D eigenvalue weighted by Gasteiger charge is -2.19. The second-order valence-corrected chi connectivity index (χ2v) is 9.87. The zero-order valence-electron chi connectivity index (χ0n) is 18.3. The maximum atomic E-state index is 12.4. The highest BCUT2D eigenvalue weighted by Crippen LogP contribution is 2.25. The van der Waals surface area contributed by atoms with Crippen molar-refractivity contribution in [2.75, 3.05) is 0 Å². The number of carbonyl (C=O) groups is 1. The van der Waals surface area contributed by atoms with Crippen molar-refractivity contribution >= 4 is 39.5 Å². The third kappa shape index (κ3) is 4.84. The van der Waals surface area contributed by atoms with Crippen molar-refractivity contribution in [1.29, 1.82) is 0 Å². The first-order valence-electron chi connectivity index (χ1n) is 10.2. The van der Waals surface area contributed by atoms with Crippen LogP contribution < -0.4 is 10.6 Å². The molecule has 0 aliphatic carbocycles. The highest BCUT2D eigenvalue weighted by molar-refractivity contribution is 7.80. The van der Waals surface area contributed by atoms with E-state index in [1.807, 2.05) is 55.5 Å². The number of hydrogen-bond acceptors (Lipinski definition) is 6. The van der Waals surface area contributed by atoms with E-state index in [2.05, 4.69) is 46.7 Å². The Balaban J connectivity index is 1.32. The van der Waals surface area contributed by atoms with Crippen molar-refractivity contribution < 1.29 is 4.79 Å². The van der Waals surface area contributed by atoms with Gasteiger partial charge in [-0.25, -0.2) is 0 Å². The first-order valence-corrected chi connectivity index (χ1v) is 11.4. The summed E-state index contributed by atoms with van der Waals surface area (Å²) >= 11 is 6.79. The van der Waals surface area contributed by atoms with E-state index in [0.29, 0.717) is 17.2 Å². The van der Waals surface area contributed by atoms with Crippen LogP contribution in [0.3, 0.4) is 0 Å². The number of aromatic nitrogens is 4. The third-order valence-corrected chi connectivity index (χ3v) is 6.24. The van der Waals surface area contributed by atoms with E-state index in [1.165, 1.54) is 16.9 Å². The minimum atomic E-state index is -0.225. The summed E-state index contributed by atoms with van der Waals surface area (Å²) in [5.74, 6) is 0.542. The van der Waals surface area contributed by atoms with Gasteiger partial charge in [-0.05, 0) is 47.8 Å². The first-order chi connectivity index (χ1) is 15.2. The Morgan fingerprint density at radius 1 is 1.06 bits per heavy atom. The largest absolute Gasteiger partial charge is 0.358 e. The molecule has 7 nitrogen and oxygen atoms in total. The minimum Gasteiger partial charge on any atom is -0.358 e. The van der Waals surface area contributed by atoms with Crippen LogP contribution in [0.5, 0.6) is 0 Å². The molecule has 0 aliphatic rings. The molecule has 9 heteroatoms. The summed E-state index contributed by atoms with van der Waals surface area (Å²) < 4.78 is 1.74. The molecule has 0 fully saturated rings. The predicted molar refractivity (Wildman–Crippen MR) is 131 cm³/mol. The molecule has 0 aliphatic heterocycles. The maximum absolute atomic E-state index is 12.4. The molecule has 4 rings (SSSR count). The second kappa shape index (κ2) is 8.76. The van der Waals surface area contributed by atoms with Crippen molar-refractivity contribution in [2.24, 2.45) is 0 Å². The van der Waals surface area contributed by atoms with Crippen LogP contribution in [0.15, 0.2) is 48.5 Å². The van der Waals surface area contributed by atoms with Crippen LogP contribution >= 0.6 is 23.6 Å². The molecule has 0 atom stereocenters. The van der Waals surface area contributed by atoms with Gasteiger partial charge in [-0.1, -0.05) is 68.5 Å². The standard InChI is InChI=1S/C23H24N6OS2/c1-14-26-27-22-29(14)28-20(32-22)17-7-5-15(6-8-17)13-24-21(31)25-19(30)16-9-11-18(12-10-16)23(2,3)4/h5-12H,13H2,1-4H3,(H2,24,25,30,31). The van der Waals surface area contributed by atoms with E-state index in [0.717, 1.165) is 26.9 Å². The quantitative estimate of drug-likeness (QED) is 0.439. The summed E-state index contributed by atoms with van der Waals surface area (Å²) in [4.78, 5) is 13.2. The topological polar surface area (TPSA) is 84.2 Å². The van der Waals surface area contributed by atoms with E-state index in [4.69, 9.17) is 12.2 Å². The smallest absolute Gasteiger partial charge is 0.257 e. The summed E-state index contributed by atoms with van der Waals surface area (Å²) in [6.45, 7) is 8.80. The Hall–Kier alpha value is -3.17. The van der Waals surface area contributed by atoms with Gasteiger partial charge >= 0.3 is 0 Å². The number of nitrogens with zero attached hydrogens (tertiary/aromatic N) is 4. The average molecular weight is 465 g/mol. The number of rotatable bonds is 4. The molecule has 2 aromatic heterocycles. The number of fused-ring (bicyclic) bond motifs is 1. The lowest BCUT2D eigenvalue weighted by atomic mass is 9.87. The van der Waals surface area contributed by atoms with Gasteiger partial charge < -0.3 is 5.32 Å². The van der Waals surface area contributed by atoms with E-state index < -0.39 is 0 Å². The fourth-order valence-corrected chi connectivity index (χ4v) is 4.18. The Kier molecular flexibility index (Phi) is 6.03. The average Bonchev–Trinajstić information content (AvgIpc) is 3.34. The van der Waals surface area contributed by atoms with Crippen LogP contribution in [-0.4, -0.2) is 30.8 Å². The Labute approximate surface area is 195 Å². The number of thiocarbonyl (C=S) groups is 1. The Morgan fingerprint density at radius 3 is 2.38 bits per heavy atom. The molecule has 0 saturated carbocycles. The maximum Gasteiger partial charge on any atom is 0.257 e. The SMILES string of the molecule is Cc1nnc2sc(-c3ccc(CNC(=S)NC(=O)c4ccc(C(C)(C)C)cc4)cc3)nn12. The molecule has 0 radical (unpaired) electrons. The predicted octanol–water partition coefficient (Wildman–Crippen LogP) is 4.26. The van der Waals surface area contributed by atoms with Gasteiger partial charge in [0, 0.05) is 17.7 Å². The molecular formula is C23H24N6OS2. The lowest BCUT2D eigenvalue weighted by molar-refractivity contribution is 0.0976. The van der Waals surface area contributed by atoms with Gasteiger partial charge in [0.05, 0.1) is 0 Å². The van der Waals surface area contributed by atoms with Gasteiger partial charge in [0.2, 0.25) is 4.96 Å². The van der Waals surface area contributed by atoms with Gasteiger partial charge in [-0.2, -0.15) is 9.61 Å². The van der Waals surface area contributed by atoms with Crippen LogP contribution in [0, 0.1) is 6.92 Å². The molecule has 0 saturated heterocycles. The van der Waals surface area contributed by atoms with Crippen LogP contribution in [0.4, 0.5) is 0 Å². The van der Waals surface area contributed by atoms with E-state index in [9.17, 15) is 4.79 Å². The summed E-state index contributed by atoms with van der Waals surface area (Å²) in [5.41, 5.74) is 3.85. The summed E-state index contributed by atoms with van der Waals surface area (Å²) in [7, 11) is 0. The number of hydrogen-bond donors (Lipinski definition) is 2. The molecule has 4 aromatic rings. The summed E-state index contributed by atoms with van der Waals surface area (Å²) in [5, 5.41) is 19.7.